The molecule has 1 N–H and O–H groups in total. The summed E-state index contributed by atoms with van der Waals surface area (Å²) >= 11 is 0. The van der Waals surface area contributed by atoms with E-state index in [0.717, 1.165) is 19.4 Å². The topological polar surface area (TPSA) is 55.4 Å². The molecule has 1 atom stereocenters. The van der Waals surface area contributed by atoms with Gasteiger partial charge in [0.2, 0.25) is 0 Å². The number of piperidine rings is 1. The fraction of sp³-hybridized carbons (Fsp3) is 0.800. The Kier molecular flexibility index (Phi) is 4.59. The average Bonchev–Trinajstić information content (AvgIpc) is 2.19. The summed E-state index contributed by atoms with van der Waals surface area (Å²) < 4.78 is 4.72. The number of nitrogens with one attached hydrogen (secondary N) is 1. The summed E-state index contributed by atoms with van der Waals surface area (Å²) in [7, 11) is 0. The van der Waals surface area contributed by atoms with Crippen LogP contribution in [0.3, 0.4) is 0 Å². The highest BCUT2D eigenvalue weighted by Crippen LogP contribution is 2.12. The highest BCUT2D eigenvalue weighted by atomic mass is 16.5. The Balaban J connectivity index is 2.29. The van der Waals surface area contributed by atoms with Crippen LogP contribution in [0.1, 0.15) is 26.2 Å². The molecule has 4 nitrogen and oxygen atoms in total. The predicted molar refractivity (Wildman–Crippen MR) is 51.9 cm³/mol. The molecular formula is C10H17NO3. The Hall–Kier alpha value is -0.900. The number of ether oxygens (including phenoxy) is 1. The standard InChI is InChI=1S/C10H17NO3/c1-2-14-10(13)6-9(12)8-4-3-5-11-7-8/h8,11H,2-7H2,1H3. The summed E-state index contributed by atoms with van der Waals surface area (Å²) in [5, 5.41) is 3.15. The second-order valence-electron chi connectivity index (χ2n) is 3.49. The molecule has 0 bridgehead atoms. The fourth-order valence-corrected chi connectivity index (χ4v) is 1.63. The van der Waals surface area contributed by atoms with E-state index in [-0.39, 0.29) is 18.1 Å². The van der Waals surface area contributed by atoms with Crippen molar-refractivity contribution in [3.05, 3.63) is 0 Å². The molecule has 80 valence electrons. The van der Waals surface area contributed by atoms with Crippen molar-refractivity contribution in [1.29, 1.82) is 0 Å². The summed E-state index contributed by atoms with van der Waals surface area (Å²) in [6, 6.07) is 0. The van der Waals surface area contributed by atoms with E-state index in [0.29, 0.717) is 13.2 Å². The zero-order chi connectivity index (χ0) is 10.4. The molecule has 14 heavy (non-hydrogen) atoms. The molecule has 0 aromatic heterocycles. The maximum atomic E-state index is 11.5. The van der Waals surface area contributed by atoms with E-state index >= 15 is 0 Å². The minimum Gasteiger partial charge on any atom is -0.466 e. The molecule has 0 aromatic carbocycles. The van der Waals surface area contributed by atoms with Crippen LogP contribution in [0, 0.1) is 5.92 Å². The zero-order valence-electron chi connectivity index (χ0n) is 8.54. The molecular weight excluding hydrogens is 182 g/mol. The molecule has 1 aliphatic heterocycles. The molecule has 1 fully saturated rings. The second-order valence-corrected chi connectivity index (χ2v) is 3.49. The van der Waals surface area contributed by atoms with Crippen molar-refractivity contribution >= 4 is 11.8 Å². The van der Waals surface area contributed by atoms with E-state index in [1.165, 1.54) is 0 Å². The van der Waals surface area contributed by atoms with Gasteiger partial charge in [0.15, 0.2) is 0 Å². The van der Waals surface area contributed by atoms with Gasteiger partial charge in [0.1, 0.15) is 12.2 Å². The number of Topliss-reactive ketones (excluding diaryl/α,β-unsaturated/α-hetero) is 1. The SMILES string of the molecule is CCOC(=O)CC(=O)C1CCCNC1. The zero-order valence-corrected chi connectivity index (χ0v) is 8.54. The Bertz CT molecular complexity index is 209. The molecule has 0 saturated carbocycles. The van der Waals surface area contributed by atoms with E-state index < -0.39 is 5.97 Å². The number of rotatable bonds is 4. The molecule has 0 aromatic rings. The number of carbonyl (C=O) groups is 2. The lowest BCUT2D eigenvalue weighted by Gasteiger charge is -2.20. The molecule has 1 heterocycles. The Morgan fingerprint density at radius 3 is 2.86 bits per heavy atom. The third-order valence-corrected chi connectivity index (χ3v) is 2.38. The van der Waals surface area contributed by atoms with E-state index in [9.17, 15) is 9.59 Å². The third-order valence-electron chi connectivity index (χ3n) is 2.38. The summed E-state index contributed by atoms with van der Waals surface area (Å²) in [5.41, 5.74) is 0. The number of carbonyl (C=O) groups excluding carboxylic acids is 2. The van der Waals surface area contributed by atoms with Gasteiger partial charge >= 0.3 is 5.97 Å². The van der Waals surface area contributed by atoms with Gasteiger partial charge in [0.05, 0.1) is 6.61 Å². The number of ketones is 1. The first-order valence-electron chi connectivity index (χ1n) is 5.13. The number of hydrogen-bond donors (Lipinski definition) is 1. The van der Waals surface area contributed by atoms with E-state index in [1.807, 2.05) is 0 Å². The molecule has 0 radical (unpaired) electrons. The molecule has 0 spiro atoms. The maximum absolute atomic E-state index is 11.5. The van der Waals surface area contributed by atoms with E-state index in [2.05, 4.69) is 5.32 Å². The first-order chi connectivity index (χ1) is 6.74. The van der Waals surface area contributed by atoms with Crippen molar-refractivity contribution in [2.24, 2.45) is 5.92 Å². The smallest absolute Gasteiger partial charge is 0.313 e. The summed E-state index contributed by atoms with van der Waals surface area (Å²) in [6.45, 7) is 3.76. The first-order valence-corrected chi connectivity index (χ1v) is 5.13. The highest BCUT2D eigenvalue weighted by molar-refractivity contribution is 5.96. The van der Waals surface area contributed by atoms with Crippen LogP contribution in [0.25, 0.3) is 0 Å². The monoisotopic (exact) mass is 199 g/mol. The van der Waals surface area contributed by atoms with Gasteiger partial charge in [-0.05, 0) is 26.3 Å². The van der Waals surface area contributed by atoms with Crippen LogP contribution < -0.4 is 5.32 Å². The van der Waals surface area contributed by atoms with Gasteiger partial charge in [0.25, 0.3) is 0 Å². The Labute approximate surface area is 84.0 Å². The van der Waals surface area contributed by atoms with Crippen molar-refractivity contribution in [3.63, 3.8) is 0 Å². The van der Waals surface area contributed by atoms with Gasteiger partial charge in [0, 0.05) is 12.5 Å². The van der Waals surface area contributed by atoms with Gasteiger partial charge in [-0.25, -0.2) is 0 Å². The number of esters is 1. The minimum atomic E-state index is -0.400. The van der Waals surface area contributed by atoms with Crippen LogP contribution in [0.2, 0.25) is 0 Å². The van der Waals surface area contributed by atoms with Crippen molar-refractivity contribution in [2.75, 3.05) is 19.7 Å². The molecule has 0 aliphatic carbocycles. The van der Waals surface area contributed by atoms with Crippen molar-refractivity contribution in [1.82, 2.24) is 5.32 Å². The van der Waals surface area contributed by atoms with Crippen LogP contribution in [0.4, 0.5) is 0 Å². The van der Waals surface area contributed by atoms with Gasteiger partial charge in [-0.15, -0.1) is 0 Å². The Morgan fingerprint density at radius 1 is 1.50 bits per heavy atom. The quantitative estimate of drug-likeness (QED) is 0.529. The first kappa shape index (κ1) is 11.2. The predicted octanol–water partition coefficient (Wildman–Crippen LogP) is 0.508. The molecule has 1 aliphatic rings. The average molecular weight is 199 g/mol. The lowest BCUT2D eigenvalue weighted by Crippen LogP contribution is -2.35. The molecule has 1 saturated heterocycles. The van der Waals surface area contributed by atoms with Crippen LogP contribution in [-0.2, 0) is 14.3 Å². The van der Waals surface area contributed by atoms with E-state index in [1.54, 1.807) is 6.92 Å². The molecule has 1 rings (SSSR count). The van der Waals surface area contributed by atoms with Gasteiger partial charge < -0.3 is 10.1 Å². The highest BCUT2D eigenvalue weighted by Gasteiger charge is 2.23. The van der Waals surface area contributed by atoms with Crippen LogP contribution >= 0.6 is 0 Å². The summed E-state index contributed by atoms with van der Waals surface area (Å²) in [5.74, 6) is -0.383. The summed E-state index contributed by atoms with van der Waals surface area (Å²) in [6.07, 6.45) is 1.84. The fourth-order valence-electron chi connectivity index (χ4n) is 1.63. The van der Waals surface area contributed by atoms with Crippen LogP contribution in [-0.4, -0.2) is 31.4 Å². The second kappa shape index (κ2) is 5.75. The third kappa shape index (κ3) is 3.46. The van der Waals surface area contributed by atoms with Gasteiger partial charge in [-0.2, -0.15) is 0 Å². The lowest BCUT2D eigenvalue weighted by atomic mass is 9.93. The summed E-state index contributed by atoms with van der Waals surface area (Å²) in [4.78, 5) is 22.6. The van der Waals surface area contributed by atoms with Crippen molar-refractivity contribution in [3.8, 4) is 0 Å². The molecule has 0 amide bonds. The van der Waals surface area contributed by atoms with Crippen molar-refractivity contribution in [2.45, 2.75) is 26.2 Å². The maximum Gasteiger partial charge on any atom is 0.313 e. The lowest BCUT2D eigenvalue weighted by molar-refractivity contribution is -0.146. The van der Waals surface area contributed by atoms with Crippen LogP contribution in [0.5, 0.6) is 0 Å². The van der Waals surface area contributed by atoms with Crippen LogP contribution in [0.15, 0.2) is 0 Å². The normalized spacial score (nSPS) is 21.6. The molecule has 1 unspecified atom stereocenters. The molecule has 4 heteroatoms. The van der Waals surface area contributed by atoms with Gasteiger partial charge in [-0.1, -0.05) is 0 Å². The largest absolute Gasteiger partial charge is 0.466 e. The Morgan fingerprint density at radius 2 is 2.29 bits per heavy atom. The van der Waals surface area contributed by atoms with Crippen molar-refractivity contribution < 1.29 is 14.3 Å². The number of hydrogen-bond acceptors (Lipinski definition) is 4. The van der Waals surface area contributed by atoms with E-state index in [4.69, 9.17) is 4.74 Å². The van der Waals surface area contributed by atoms with Gasteiger partial charge in [-0.3, -0.25) is 9.59 Å². The minimum absolute atomic E-state index is 0.00755.